The van der Waals surface area contributed by atoms with Crippen molar-refractivity contribution in [1.29, 1.82) is 0 Å². The van der Waals surface area contributed by atoms with Crippen LogP contribution in [0.25, 0.3) is 0 Å². The van der Waals surface area contributed by atoms with Gasteiger partial charge in [0.05, 0.1) is 17.9 Å². The minimum absolute atomic E-state index is 0.205. The predicted molar refractivity (Wildman–Crippen MR) is 52.0 cm³/mol. The third-order valence-electron chi connectivity index (χ3n) is 2.04. The van der Waals surface area contributed by atoms with Crippen molar-refractivity contribution in [2.45, 2.75) is 26.4 Å². The second kappa shape index (κ2) is 4.76. The molecule has 1 aromatic rings. The van der Waals surface area contributed by atoms with E-state index in [2.05, 4.69) is 15.5 Å². The Morgan fingerprint density at radius 1 is 1.79 bits per heavy atom. The summed E-state index contributed by atoms with van der Waals surface area (Å²) in [5, 5.41) is 18.3. The fourth-order valence-corrected chi connectivity index (χ4v) is 1.03. The highest BCUT2D eigenvalue weighted by molar-refractivity contribution is 5.94. The van der Waals surface area contributed by atoms with Crippen molar-refractivity contribution in [1.82, 2.24) is 15.5 Å². The van der Waals surface area contributed by atoms with Crippen molar-refractivity contribution in [3.63, 3.8) is 0 Å². The molecule has 0 aromatic carbocycles. The zero-order valence-electron chi connectivity index (χ0n) is 8.37. The summed E-state index contributed by atoms with van der Waals surface area (Å²) in [4.78, 5) is 11.5. The van der Waals surface area contributed by atoms with Crippen molar-refractivity contribution < 1.29 is 9.90 Å². The summed E-state index contributed by atoms with van der Waals surface area (Å²) < 4.78 is 0. The summed E-state index contributed by atoms with van der Waals surface area (Å²) >= 11 is 0. The highest BCUT2D eigenvalue weighted by atomic mass is 16.3. The Morgan fingerprint density at radius 2 is 2.50 bits per heavy atom. The largest absolute Gasteiger partial charge is 0.391 e. The quantitative estimate of drug-likeness (QED) is 0.646. The molecular weight excluding hydrogens is 182 g/mol. The Morgan fingerprint density at radius 3 is 3.00 bits per heavy atom. The SMILES string of the molecule is CCC(O)CNC(=O)c1cn[nH]c1C. The summed E-state index contributed by atoms with van der Waals surface area (Å²) in [5.74, 6) is -0.205. The van der Waals surface area contributed by atoms with Crippen LogP contribution >= 0.6 is 0 Å². The number of hydrogen-bond acceptors (Lipinski definition) is 3. The van der Waals surface area contributed by atoms with E-state index < -0.39 is 6.10 Å². The van der Waals surface area contributed by atoms with Crippen LogP contribution in [0, 0.1) is 6.92 Å². The first kappa shape index (κ1) is 10.7. The summed E-state index contributed by atoms with van der Waals surface area (Å²) in [6.07, 6.45) is 1.62. The van der Waals surface area contributed by atoms with Gasteiger partial charge in [-0.05, 0) is 13.3 Å². The van der Waals surface area contributed by atoms with E-state index in [1.54, 1.807) is 6.92 Å². The first-order valence-corrected chi connectivity index (χ1v) is 4.61. The highest BCUT2D eigenvalue weighted by Gasteiger charge is 2.11. The van der Waals surface area contributed by atoms with Crippen LogP contribution in [0.1, 0.15) is 29.4 Å². The summed E-state index contributed by atoms with van der Waals surface area (Å²) in [7, 11) is 0. The lowest BCUT2D eigenvalue weighted by Crippen LogP contribution is -2.31. The Hall–Kier alpha value is -1.36. The number of aryl methyl sites for hydroxylation is 1. The van der Waals surface area contributed by atoms with Gasteiger partial charge >= 0.3 is 0 Å². The molecule has 1 rings (SSSR count). The predicted octanol–water partition coefficient (Wildman–Crippen LogP) is 0.219. The molecule has 0 saturated carbocycles. The summed E-state index contributed by atoms with van der Waals surface area (Å²) in [6, 6.07) is 0. The van der Waals surface area contributed by atoms with E-state index in [9.17, 15) is 9.90 Å². The third-order valence-corrected chi connectivity index (χ3v) is 2.04. The third kappa shape index (κ3) is 2.56. The molecule has 0 radical (unpaired) electrons. The molecule has 0 aliphatic rings. The number of H-pyrrole nitrogens is 1. The van der Waals surface area contributed by atoms with Crippen LogP contribution < -0.4 is 5.32 Å². The maximum absolute atomic E-state index is 11.5. The number of aliphatic hydroxyl groups excluding tert-OH is 1. The normalized spacial score (nSPS) is 12.5. The maximum atomic E-state index is 11.5. The van der Waals surface area contributed by atoms with E-state index in [1.807, 2.05) is 6.92 Å². The van der Waals surface area contributed by atoms with E-state index >= 15 is 0 Å². The molecule has 3 N–H and O–H groups in total. The second-order valence-corrected chi connectivity index (χ2v) is 3.18. The van der Waals surface area contributed by atoms with Gasteiger partial charge in [0.15, 0.2) is 0 Å². The van der Waals surface area contributed by atoms with Crippen molar-refractivity contribution >= 4 is 5.91 Å². The lowest BCUT2D eigenvalue weighted by molar-refractivity contribution is 0.0913. The van der Waals surface area contributed by atoms with Crippen molar-refractivity contribution in [3.05, 3.63) is 17.5 Å². The minimum Gasteiger partial charge on any atom is -0.391 e. The van der Waals surface area contributed by atoms with E-state index in [4.69, 9.17) is 0 Å². The molecule has 14 heavy (non-hydrogen) atoms. The number of amides is 1. The van der Waals surface area contributed by atoms with Gasteiger partial charge in [-0.25, -0.2) is 0 Å². The minimum atomic E-state index is -0.480. The van der Waals surface area contributed by atoms with Crippen LogP contribution in [0.2, 0.25) is 0 Å². The number of nitrogens with zero attached hydrogens (tertiary/aromatic N) is 1. The van der Waals surface area contributed by atoms with Gasteiger partial charge < -0.3 is 10.4 Å². The molecule has 0 bridgehead atoms. The van der Waals surface area contributed by atoms with Gasteiger partial charge in [0, 0.05) is 12.2 Å². The molecule has 0 fully saturated rings. The van der Waals surface area contributed by atoms with Crippen molar-refractivity contribution in [3.8, 4) is 0 Å². The van der Waals surface area contributed by atoms with Gasteiger partial charge in [-0.15, -0.1) is 0 Å². The molecule has 0 aliphatic carbocycles. The van der Waals surface area contributed by atoms with Gasteiger partial charge in [-0.3, -0.25) is 9.89 Å². The Bertz CT molecular complexity index is 309. The standard InChI is InChI=1S/C9H15N3O2/c1-3-7(13)4-10-9(14)8-5-11-12-6(8)2/h5,7,13H,3-4H2,1-2H3,(H,10,14)(H,11,12). The Labute approximate surface area is 82.5 Å². The lowest BCUT2D eigenvalue weighted by Gasteiger charge is -2.08. The van der Waals surface area contributed by atoms with E-state index in [0.29, 0.717) is 12.0 Å². The number of nitrogens with one attached hydrogen (secondary N) is 2. The smallest absolute Gasteiger partial charge is 0.254 e. The maximum Gasteiger partial charge on any atom is 0.254 e. The van der Waals surface area contributed by atoms with Gasteiger partial charge in [-0.1, -0.05) is 6.92 Å². The summed E-state index contributed by atoms with van der Waals surface area (Å²) in [5.41, 5.74) is 1.25. The van der Waals surface area contributed by atoms with Crippen LogP contribution in [0.5, 0.6) is 0 Å². The summed E-state index contributed by atoms with van der Waals surface area (Å²) in [6.45, 7) is 3.91. The molecule has 1 amide bonds. The van der Waals surface area contributed by atoms with Gasteiger partial charge in [-0.2, -0.15) is 5.10 Å². The van der Waals surface area contributed by atoms with Crippen LogP contribution in [0.4, 0.5) is 0 Å². The Balaban J connectivity index is 2.47. The van der Waals surface area contributed by atoms with Gasteiger partial charge in [0.1, 0.15) is 0 Å². The van der Waals surface area contributed by atoms with Crippen LogP contribution in [-0.4, -0.2) is 33.9 Å². The first-order chi connectivity index (χ1) is 6.65. The molecular formula is C9H15N3O2. The van der Waals surface area contributed by atoms with Crippen molar-refractivity contribution in [2.24, 2.45) is 0 Å². The fraction of sp³-hybridized carbons (Fsp3) is 0.556. The van der Waals surface area contributed by atoms with Crippen LogP contribution in [-0.2, 0) is 0 Å². The topological polar surface area (TPSA) is 78.0 Å². The molecule has 5 heteroatoms. The molecule has 1 heterocycles. The number of aromatic nitrogens is 2. The molecule has 0 saturated heterocycles. The molecule has 0 spiro atoms. The molecule has 1 unspecified atom stereocenters. The molecule has 1 atom stereocenters. The molecule has 5 nitrogen and oxygen atoms in total. The number of rotatable bonds is 4. The van der Waals surface area contributed by atoms with E-state index in [-0.39, 0.29) is 12.5 Å². The lowest BCUT2D eigenvalue weighted by atomic mass is 10.2. The van der Waals surface area contributed by atoms with Crippen LogP contribution in [0.15, 0.2) is 6.20 Å². The van der Waals surface area contributed by atoms with Gasteiger partial charge in [0.2, 0.25) is 0 Å². The number of carbonyl (C=O) groups is 1. The van der Waals surface area contributed by atoms with Crippen molar-refractivity contribution in [2.75, 3.05) is 6.54 Å². The highest BCUT2D eigenvalue weighted by Crippen LogP contribution is 2.01. The number of aliphatic hydroxyl groups is 1. The molecule has 1 aromatic heterocycles. The fourth-order valence-electron chi connectivity index (χ4n) is 1.03. The van der Waals surface area contributed by atoms with Crippen LogP contribution in [0.3, 0.4) is 0 Å². The number of aromatic amines is 1. The van der Waals surface area contributed by atoms with E-state index in [0.717, 1.165) is 5.69 Å². The van der Waals surface area contributed by atoms with E-state index in [1.165, 1.54) is 6.20 Å². The Kier molecular flexibility index (Phi) is 3.64. The first-order valence-electron chi connectivity index (χ1n) is 4.61. The number of carbonyl (C=O) groups excluding carboxylic acids is 1. The average molecular weight is 197 g/mol. The van der Waals surface area contributed by atoms with Gasteiger partial charge in [0.25, 0.3) is 5.91 Å². The zero-order valence-corrected chi connectivity index (χ0v) is 8.37. The monoisotopic (exact) mass is 197 g/mol. The molecule has 78 valence electrons. The second-order valence-electron chi connectivity index (χ2n) is 3.18. The average Bonchev–Trinajstić information content (AvgIpc) is 2.60. The molecule has 0 aliphatic heterocycles. The zero-order chi connectivity index (χ0) is 10.6. The number of hydrogen-bond donors (Lipinski definition) is 3.